The van der Waals surface area contributed by atoms with E-state index in [1.54, 1.807) is 12.4 Å². The number of nitrogens with zero attached hydrogens (tertiary/aromatic N) is 3. The molecule has 2 rings (SSSR count). The second-order valence-corrected chi connectivity index (χ2v) is 5.71. The second-order valence-electron chi connectivity index (χ2n) is 4.00. The quantitative estimate of drug-likeness (QED) is 0.778. The lowest BCUT2D eigenvalue weighted by Crippen LogP contribution is -2.06. The van der Waals surface area contributed by atoms with E-state index >= 15 is 0 Å². The van der Waals surface area contributed by atoms with Crippen molar-refractivity contribution in [2.24, 2.45) is 0 Å². The zero-order valence-electron chi connectivity index (χ0n) is 10.9. The average molecular weight is 389 g/mol. The molecule has 0 aliphatic heterocycles. The molecule has 19 heavy (non-hydrogen) atoms. The molecule has 102 valence electrons. The molecule has 0 saturated heterocycles. The fourth-order valence-corrected chi connectivity index (χ4v) is 2.80. The Morgan fingerprint density at radius 1 is 1.26 bits per heavy atom. The van der Waals surface area contributed by atoms with E-state index in [-0.39, 0.29) is 0 Å². The molecule has 0 aliphatic rings. The van der Waals surface area contributed by atoms with E-state index in [0.29, 0.717) is 6.61 Å². The van der Waals surface area contributed by atoms with Gasteiger partial charge in [0.2, 0.25) is 0 Å². The minimum atomic E-state index is 0.472. The highest BCUT2D eigenvalue weighted by Crippen LogP contribution is 2.24. The minimum Gasteiger partial charge on any atom is -0.486 e. The topological polar surface area (TPSA) is 39.9 Å². The maximum atomic E-state index is 5.77. The first-order valence-electron chi connectivity index (χ1n) is 6.13. The van der Waals surface area contributed by atoms with Crippen LogP contribution in [0.15, 0.2) is 27.4 Å². The van der Waals surface area contributed by atoms with E-state index in [4.69, 9.17) is 4.74 Å². The number of aromatic nitrogens is 3. The molecule has 0 atom stereocenters. The number of aryl methyl sites for hydroxylation is 2. The zero-order chi connectivity index (χ0) is 13.8. The molecule has 2 heterocycles. The van der Waals surface area contributed by atoms with Crippen LogP contribution in [-0.2, 0) is 19.6 Å². The van der Waals surface area contributed by atoms with Gasteiger partial charge in [-0.2, -0.15) is 5.10 Å². The highest BCUT2D eigenvalue weighted by atomic mass is 79.9. The summed E-state index contributed by atoms with van der Waals surface area (Å²) in [6, 6.07) is 1.90. The highest BCUT2D eigenvalue weighted by molar-refractivity contribution is 9.10. The van der Waals surface area contributed by atoms with Gasteiger partial charge in [0.05, 0.1) is 22.1 Å². The molecule has 0 aromatic carbocycles. The first-order valence-corrected chi connectivity index (χ1v) is 7.71. The van der Waals surface area contributed by atoms with Crippen molar-refractivity contribution in [3.8, 4) is 5.75 Å². The molecule has 4 nitrogen and oxygen atoms in total. The monoisotopic (exact) mass is 387 g/mol. The van der Waals surface area contributed by atoms with Gasteiger partial charge >= 0.3 is 0 Å². The van der Waals surface area contributed by atoms with E-state index in [1.165, 1.54) is 0 Å². The fraction of sp³-hybridized carbons (Fsp3) is 0.385. The molecule has 0 spiro atoms. The Bertz CT molecular complexity index is 569. The van der Waals surface area contributed by atoms with Crippen LogP contribution in [0.25, 0.3) is 0 Å². The van der Waals surface area contributed by atoms with Crippen molar-refractivity contribution in [1.29, 1.82) is 0 Å². The van der Waals surface area contributed by atoms with Crippen LogP contribution in [0.4, 0.5) is 0 Å². The van der Waals surface area contributed by atoms with Crippen molar-refractivity contribution in [3.63, 3.8) is 0 Å². The van der Waals surface area contributed by atoms with Gasteiger partial charge in [-0.25, -0.2) is 0 Å². The predicted octanol–water partition coefficient (Wildman–Crippen LogP) is 3.96. The number of ether oxygens (including phenoxy) is 1. The highest BCUT2D eigenvalue weighted by Gasteiger charge is 2.14. The van der Waals surface area contributed by atoms with E-state index < -0.39 is 0 Å². The Morgan fingerprint density at radius 3 is 2.68 bits per heavy atom. The maximum absolute atomic E-state index is 5.77. The standard InChI is InChI=1S/C13H15Br2N3O/c1-3-11-13(15)12(18(4-2)17-11)8-19-10-5-9(14)6-16-7-10/h5-7H,3-4,8H2,1-2H3. The number of pyridine rings is 1. The maximum Gasteiger partial charge on any atom is 0.139 e. The summed E-state index contributed by atoms with van der Waals surface area (Å²) < 4.78 is 9.68. The van der Waals surface area contributed by atoms with Gasteiger partial charge in [0, 0.05) is 17.2 Å². The fourth-order valence-electron chi connectivity index (χ4n) is 1.78. The molecule has 0 N–H and O–H groups in total. The predicted molar refractivity (Wildman–Crippen MR) is 81.2 cm³/mol. The molecular weight excluding hydrogens is 374 g/mol. The van der Waals surface area contributed by atoms with Crippen LogP contribution >= 0.6 is 31.9 Å². The normalized spacial score (nSPS) is 10.7. The molecule has 0 radical (unpaired) electrons. The SMILES string of the molecule is CCc1nn(CC)c(COc2cncc(Br)c2)c1Br. The van der Waals surface area contributed by atoms with Crippen molar-refractivity contribution in [2.45, 2.75) is 33.4 Å². The molecule has 0 fully saturated rings. The smallest absolute Gasteiger partial charge is 0.139 e. The Hall–Kier alpha value is -0.880. The molecule has 0 aliphatic carbocycles. The lowest BCUT2D eigenvalue weighted by Gasteiger charge is -2.08. The van der Waals surface area contributed by atoms with Crippen molar-refractivity contribution in [2.75, 3.05) is 0 Å². The van der Waals surface area contributed by atoms with Crippen molar-refractivity contribution in [1.82, 2.24) is 14.8 Å². The van der Waals surface area contributed by atoms with Crippen molar-refractivity contribution < 1.29 is 4.74 Å². The van der Waals surface area contributed by atoms with Gasteiger partial charge in [-0.1, -0.05) is 6.92 Å². The average Bonchev–Trinajstić information content (AvgIpc) is 2.72. The zero-order valence-corrected chi connectivity index (χ0v) is 14.0. The molecule has 0 amide bonds. The van der Waals surface area contributed by atoms with Crippen molar-refractivity contribution >= 4 is 31.9 Å². The molecule has 0 unspecified atom stereocenters. The Morgan fingerprint density at radius 2 is 2.05 bits per heavy atom. The second kappa shape index (κ2) is 6.52. The van der Waals surface area contributed by atoms with Gasteiger partial charge in [-0.15, -0.1) is 0 Å². The van der Waals surface area contributed by atoms with Crippen LogP contribution in [-0.4, -0.2) is 14.8 Å². The first-order chi connectivity index (χ1) is 9.15. The van der Waals surface area contributed by atoms with E-state index in [9.17, 15) is 0 Å². The summed E-state index contributed by atoms with van der Waals surface area (Å²) in [4.78, 5) is 4.08. The van der Waals surface area contributed by atoms with Gasteiger partial charge in [0.1, 0.15) is 12.4 Å². The van der Waals surface area contributed by atoms with Crippen LogP contribution < -0.4 is 4.74 Å². The summed E-state index contributed by atoms with van der Waals surface area (Å²) in [5.74, 6) is 0.739. The molecular formula is C13H15Br2N3O. The summed E-state index contributed by atoms with van der Waals surface area (Å²) in [5, 5.41) is 4.54. The minimum absolute atomic E-state index is 0.472. The summed E-state index contributed by atoms with van der Waals surface area (Å²) in [5.41, 5.74) is 2.12. The van der Waals surface area contributed by atoms with E-state index in [1.807, 2.05) is 10.7 Å². The summed E-state index contributed by atoms with van der Waals surface area (Å²) >= 11 is 6.98. The van der Waals surface area contributed by atoms with Crippen LogP contribution in [0.3, 0.4) is 0 Å². The summed E-state index contributed by atoms with van der Waals surface area (Å²) in [6.07, 6.45) is 4.33. The van der Waals surface area contributed by atoms with Crippen LogP contribution in [0.5, 0.6) is 5.75 Å². The van der Waals surface area contributed by atoms with Crippen LogP contribution in [0, 0.1) is 0 Å². The third kappa shape index (κ3) is 3.36. The molecule has 2 aromatic rings. The lowest BCUT2D eigenvalue weighted by molar-refractivity contribution is 0.290. The van der Waals surface area contributed by atoms with E-state index in [0.717, 1.165) is 39.0 Å². The van der Waals surface area contributed by atoms with Gasteiger partial charge in [-0.3, -0.25) is 9.67 Å². The Kier molecular flexibility index (Phi) is 4.99. The molecule has 0 saturated carbocycles. The third-order valence-corrected chi connectivity index (χ3v) is 4.10. The third-order valence-electron chi connectivity index (χ3n) is 2.75. The largest absolute Gasteiger partial charge is 0.486 e. The van der Waals surface area contributed by atoms with E-state index in [2.05, 4.69) is 55.8 Å². The number of hydrogen-bond acceptors (Lipinski definition) is 3. The van der Waals surface area contributed by atoms with Gasteiger partial charge in [0.15, 0.2) is 0 Å². The number of rotatable bonds is 5. The summed E-state index contributed by atoms with van der Waals surface area (Å²) in [7, 11) is 0. The molecule has 0 bridgehead atoms. The Balaban J connectivity index is 2.17. The number of hydrogen-bond donors (Lipinski definition) is 0. The first kappa shape index (κ1) is 14.5. The lowest BCUT2D eigenvalue weighted by atomic mass is 10.3. The van der Waals surface area contributed by atoms with Crippen LogP contribution in [0.2, 0.25) is 0 Å². The van der Waals surface area contributed by atoms with Gasteiger partial charge in [-0.05, 0) is 51.3 Å². The molecule has 2 aromatic heterocycles. The van der Waals surface area contributed by atoms with Gasteiger partial charge < -0.3 is 4.74 Å². The van der Waals surface area contributed by atoms with Gasteiger partial charge in [0.25, 0.3) is 0 Å². The van der Waals surface area contributed by atoms with Crippen LogP contribution in [0.1, 0.15) is 25.2 Å². The Labute approximate surface area is 129 Å². The number of halogens is 2. The van der Waals surface area contributed by atoms with Crippen molar-refractivity contribution in [3.05, 3.63) is 38.8 Å². The summed E-state index contributed by atoms with van der Waals surface area (Å²) in [6.45, 7) is 5.46. The molecule has 6 heteroatoms.